The van der Waals surface area contributed by atoms with Crippen molar-refractivity contribution in [3.05, 3.63) is 35.1 Å². The summed E-state index contributed by atoms with van der Waals surface area (Å²) in [5.41, 5.74) is -1.55. The lowest BCUT2D eigenvalue weighted by Crippen LogP contribution is -2.32. The van der Waals surface area contributed by atoms with Gasteiger partial charge in [0.05, 0.1) is 5.56 Å². The maximum absolute atomic E-state index is 13.4. The molecule has 2 rings (SSSR count). The van der Waals surface area contributed by atoms with Crippen LogP contribution in [-0.4, -0.2) is 35.0 Å². The molecule has 1 unspecified atom stereocenters. The molecule has 1 aliphatic heterocycles. The molecule has 8 heteroatoms. The summed E-state index contributed by atoms with van der Waals surface area (Å²) in [6.45, 7) is 0.557. The number of nitrogens with zero attached hydrogens (tertiary/aromatic N) is 1. The Morgan fingerprint density at radius 2 is 1.88 bits per heavy atom. The Balaban J connectivity index is 2.14. The molecule has 0 spiro atoms. The third-order valence-electron chi connectivity index (χ3n) is 4.07. The highest BCUT2D eigenvalue weighted by atomic mass is 19.4. The van der Waals surface area contributed by atoms with Gasteiger partial charge in [-0.2, -0.15) is 13.2 Å². The zero-order chi connectivity index (χ0) is 17.9. The van der Waals surface area contributed by atoms with E-state index in [1.165, 1.54) is 4.90 Å². The van der Waals surface area contributed by atoms with Crippen molar-refractivity contribution in [3.8, 4) is 0 Å². The summed E-state index contributed by atoms with van der Waals surface area (Å²) in [6, 6.07) is 1.78. The van der Waals surface area contributed by atoms with Gasteiger partial charge < -0.3 is 10.0 Å². The first-order chi connectivity index (χ1) is 11.2. The number of hydrogen-bond acceptors (Lipinski definition) is 2. The van der Waals surface area contributed by atoms with Crippen molar-refractivity contribution in [2.45, 2.75) is 31.9 Å². The Labute approximate surface area is 136 Å². The molecule has 132 valence electrons. The minimum Gasteiger partial charge on any atom is -0.481 e. The predicted octanol–water partition coefficient (Wildman–Crippen LogP) is 3.56. The first-order valence-electron chi connectivity index (χ1n) is 7.55. The molecule has 1 N–H and O–H groups in total. The topological polar surface area (TPSA) is 57.6 Å². The first-order valence-corrected chi connectivity index (χ1v) is 7.55. The van der Waals surface area contributed by atoms with E-state index in [4.69, 9.17) is 5.11 Å². The van der Waals surface area contributed by atoms with Crippen molar-refractivity contribution >= 4 is 11.9 Å². The number of hydrogen-bond donors (Lipinski definition) is 1. The maximum atomic E-state index is 13.4. The number of carbonyl (C=O) groups excluding carboxylic acids is 1. The van der Waals surface area contributed by atoms with E-state index < -0.39 is 29.4 Å². The van der Waals surface area contributed by atoms with Crippen molar-refractivity contribution in [2.75, 3.05) is 13.1 Å². The minimum atomic E-state index is -4.73. The van der Waals surface area contributed by atoms with E-state index >= 15 is 0 Å². The van der Waals surface area contributed by atoms with Gasteiger partial charge in [-0.15, -0.1) is 0 Å². The fraction of sp³-hybridized carbons (Fsp3) is 0.500. The Bertz CT molecular complexity index is 630. The van der Waals surface area contributed by atoms with Crippen LogP contribution in [0.3, 0.4) is 0 Å². The fourth-order valence-electron chi connectivity index (χ4n) is 2.88. The van der Waals surface area contributed by atoms with Crippen LogP contribution in [0, 0.1) is 11.7 Å². The largest absolute Gasteiger partial charge is 0.481 e. The molecule has 1 heterocycles. The molecule has 1 atom stereocenters. The lowest BCUT2D eigenvalue weighted by Gasteiger charge is -2.21. The number of carboxylic acid groups (broad SMARTS) is 1. The number of amides is 1. The zero-order valence-electron chi connectivity index (χ0n) is 12.8. The number of aliphatic carboxylic acids is 1. The summed E-state index contributed by atoms with van der Waals surface area (Å²) < 4.78 is 51.7. The van der Waals surface area contributed by atoms with Crippen LogP contribution in [0.15, 0.2) is 18.2 Å². The Morgan fingerprint density at radius 3 is 2.50 bits per heavy atom. The van der Waals surface area contributed by atoms with Gasteiger partial charge in [-0.3, -0.25) is 9.59 Å². The number of alkyl halides is 3. The molecular formula is C16H17F4NO3. The highest BCUT2D eigenvalue weighted by Gasteiger charge is 2.32. The average Bonchev–Trinajstić information content (AvgIpc) is 2.70. The number of carboxylic acids is 1. The first kappa shape index (κ1) is 18.2. The molecule has 1 aromatic carbocycles. The van der Waals surface area contributed by atoms with Crippen LogP contribution in [0.1, 0.15) is 41.6 Å². The second-order valence-electron chi connectivity index (χ2n) is 5.91. The van der Waals surface area contributed by atoms with Gasteiger partial charge in [0.15, 0.2) is 0 Å². The summed E-state index contributed by atoms with van der Waals surface area (Å²) in [7, 11) is 0. The minimum absolute atomic E-state index is 0.000216. The van der Waals surface area contributed by atoms with E-state index in [0.717, 1.165) is 6.07 Å². The van der Waals surface area contributed by atoms with Gasteiger partial charge in [0.2, 0.25) is 0 Å². The van der Waals surface area contributed by atoms with E-state index in [9.17, 15) is 27.2 Å². The molecule has 1 saturated heterocycles. The SMILES string of the molecule is O=C(O)CC1CCCN(C(=O)c2cc(F)cc(C(F)(F)F)c2)CC1. The van der Waals surface area contributed by atoms with Crippen molar-refractivity contribution in [3.63, 3.8) is 0 Å². The molecule has 0 saturated carbocycles. The molecule has 1 fully saturated rings. The van der Waals surface area contributed by atoms with E-state index in [1.807, 2.05) is 0 Å². The molecule has 4 nitrogen and oxygen atoms in total. The third kappa shape index (κ3) is 4.69. The average molecular weight is 347 g/mol. The molecule has 0 radical (unpaired) electrons. The van der Waals surface area contributed by atoms with Gasteiger partial charge in [-0.05, 0) is 43.4 Å². The summed E-state index contributed by atoms with van der Waals surface area (Å²) in [4.78, 5) is 24.5. The number of benzene rings is 1. The number of likely N-dealkylation sites (tertiary alicyclic amines) is 1. The molecule has 0 bridgehead atoms. The molecule has 24 heavy (non-hydrogen) atoms. The van der Waals surface area contributed by atoms with E-state index in [2.05, 4.69) is 0 Å². The number of rotatable bonds is 3. The zero-order valence-corrected chi connectivity index (χ0v) is 12.8. The van der Waals surface area contributed by atoms with Crippen LogP contribution in [0.5, 0.6) is 0 Å². The quantitative estimate of drug-likeness (QED) is 0.851. The normalized spacial score (nSPS) is 19.0. The second-order valence-corrected chi connectivity index (χ2v) is 5.91. The number of carbonyl (C=O) groups is 2. The van der Waals surface area contributed by atoms with E-state index in [-0.39, 0.29) is 24.4 Å². The van der Waals surface area contributed by atoms with Crippen LogP contribution in [0.2, 0.25) is 0 Å². The molecular weight excluding hydrogens is 330 g/mol. The van der Waals surface area contributed by atoms with Gasteiger partial charge >= 0.3 is 12.1 Å². The van der Waals surface area contributed by atoms with Gasteiger partial charge in [-0.25, -0.2) is 4.39 Å². The maximum Gasteiger partial charge on any atom is 0.416 e. The Kier molecular flexibility index (Phi) is 5.46. The summed E-state index contributed by atoms with van der Waals surface area (Å²) in [6.07, 6.45) is -3.08. The van der Waals surface area contributed by atoms with Gasteiger partial charge in [0.1, 0.15) is 5.82 Å². The molecule has 0 aromatic heterocycles. The summed E-state index contributed by atoms with van der Waals surface area (Å²) in [5.74, 6) is -2.78. The van der Waals surface area contributed by atoms with Crippen LogP contribution >= 0.6 is 0 Å². The third-order valence-corrected chi connectivity index (χ3v) is 4.07. The van der Waals surface area contributed by atoms with E-state index in [1.54, 1.807) is 0 Å². The highest BCUT2D eigenvalue weighted by Crippen LogP contribution is 2.31. The van der Waals surface area contributed by atoms with Gasteiger partial charge in [0.25, 0.3) is 5.91 Å². The van der Waals surface area contributed by atoms with Crippen molar-refractivity contribution < 1.29 is 32.3 Å². The molecule has 0 aliphatic carbocycles. The monoisotopic (exact) mass is 347 g/mol. The van der Waals surface area contributed by atoms with Gasteiger partial charge in [0, 0.05) is 25.1 Å². The lowest BCUT2D eigenvalue weighted by atomic mass is 9.97. The van der Waals surface area contributed by atoms with Crippen LogP contribution in [0.4, 0.5) is 17.6 Å². The van der Waals surface area contributed by atoms with Crippen molar-refractivity contribution in [1.29, 1.82) is 0 Å². The summed E-state index contributed by atoms with van der Waals surface area (Å²) >= 11 is 0. The summed E-state index contributed by atoms with van der Waals surface area (Å²) in [5, 5.41) is 8.82. The Morgan fingerprint density at radius 1 is 1.17 bits per heavy atom. The highest BCUT2D eigenvalue weighted by molar-refractivity contribution is 5.94. The molecule has 1 aliphatic rings. The second kappa shape index (κ2) is 7.19. The standard InChI is InChI=1S/C16H17F4NO3/c17-13-8-11(7-12(9-13)16(18,19)20)15(24)21-4-1-2-10(3-5-21)6-14(22)23/h7-10H,1-6H2,(H,22,23). The smallest absolute Gasteiger partial charge is 0.416 e. The van der Waals surface area contributed by atoms with Gasteiger partial charge in [-0.1, -0.05) is 0 Å². The van der Waals surface area contributed by atoms with Crippen molar-refractivity contribution in [1.82, 2.24) is 4.90 Å². The fourth-order valence-corrected chi connectivity index (χ4v) is 2.88. The van der Waals surface area contributed by atoms with Crippen molar-refractivity contribution in [2.24, 2.45) is 5.92 Å². The lowest BCUT2D eigenvalue weighted by molar-refractivity contribution is -0.138. The molecule has 1 amide bonds. The van der Waals surface area contributed by atoms with Crippen LogP contribution in [-0.2, 0) is 11.0 Å². The van der Waals surface area contributed by atoms with Crippen LogP contribution < -0.4 is 0 Å². The number of halogens is 4. The van der Waals surface area contributed by atoms with E-state index in [0.29, 0.717) is 37.9 Å². The predicted molar refractivity (Wildman–Crippen MR) is 76.9 cm³/mol. The molecule has 1 aromatic rings. The Hall–Kier alpha value is -2.12. The van der Waals surface area contributed by atoms with Crippen LogP contribution in [0.25, 0.3) is 0 Å².